The minimum atomic E-state index is -0.482. The number of amides is 1. The average Bonchev–Trinajstić information content (AvgIpc) is 2.89. The molecule has 0 heterocycles. The molecule has 19 heavy (non-hydrogen) atoms. The van der Waals surface area contributed by atoms with Gasteiger partial charge >= 0.3 is 0 Å². The smallest absolute Gasteiger partial charge is 0.262 e. The van der Waals surface area contributed by atoms with Gasteiger partial charge in [-0.3, -0.25) is 4.79 Å². The SMILES string of the molecule is N#CCN(C(=O)c1c(O)cccc1O)C1CCCC1. The van der Waals surface area contributed by atoms with Crippen LogP contribution in [-0.2, 0) is 0 Å². The molecule has 0 spiro atoms. The summed E-state index contributed by atoms with van der Waals surface area (Å²) in [6.45, 7) is -0.0305. The zero-order chi connectivity index (χ0) is 13.8. The van der Waals surface area contributed by atoms with Crippen LogP contribution in [0, 0.1) is 11.3 Å². The van der Waals surface area contributed by atoms with E-state index in [-0.39, 0.29) is 29.6 Å². The summed E-state index contributed by atoms with van der Waals surface area (Å²) >= 11 is 0. The Balaban J connectivity index is 2.31. The first-order valence-corrected chi connectivity index (χ1v) is 6.34. The first-order chi connectivity index (χ1) is 9.15. The van der Waals surface area contributed by atoms with E-state index < -0.39 is 5.91 Å². The first-order valence-electron chi connectivity index (χ1n) is 6.34. The van der Waals surface area contributed by atoms with Crippen molar-refractivity contribution in [3.63, 3.8) is 0 Å². The summed E-state index contributed by atoms with van der Waals surface area (Å²) in [6, 6.07) is 6.17. The predicted molar refractivity (Wildman–Crippen MR) is 68.7 cm³/mol. The molecule has 1 fully saturated rings. The molecular formula is C14H16N2O3. The second-order valence-electron chi connectivity index (χ2n) is 4.70. The molecule has 0 saturated heterocycles. The molecule has 0 bridgehead atoms. The van der Waals surface area contributed by atoms with Gasteiger partial charge in [-0.1, -0.05) is 18.9 Å². The van der Waals surface area contributed by atoms with Crippen molar-refractivity contribution in [2.45, 2.75) is 31.7 Å². The number of phenolic OH excluding ortho intramolecular Hbond substituents is 2. The number of nitrogens with zero attached hydrogens (tertiary/aromatic N) is 2. The van der Waals surface area contributed by atoms with E-state index >= 15 is 0 Å². The van der Waals surface area contributed by atoms with Crippen molar-refractivity contribution < 1.29 is 15.0 Å². The number of aromatic hydroxyl groups is 2. The molecule has 1 aromatic rings. The van der Waals surface area contributed by atoms with Gasteiger partial charge in [-0.25, -0.2) is 0 Å². The highest BCUT2D eigenvalue weighted by Crippen LogP contribution is 2.31. The van der Waals surface area contributed by atoms with Gasteiger partial charge < -0.3 is 15.1 Å². The summed E-state index contributed by atoms with van der Waals surface area (Å²) in [6.07, 6.45) is 3.79. The zero-order valence-electron chi connectivity index (χ0n) is 10.5. The lowest BCUT2D eigenvalue weighted by Crippen LogP contribution is -2.39. The van der Waals surface area contributed by atoms with Crippen molar-refractivity contribution in [3.8, 4) is 17.6 Å². The molecule has 0 radical (unpaired) electrons. The van der Waals surface area contributed by atoms with Crippen molar-refractivity contribution in [3.05, 3.63) is 23.8 Å². The van der Waals surface area contributed by atoms with Crippen LogP contribution in [0.25, 0.3) is 0 Å². The van der Waals surface area contributed by atoms with E-state index in [0.717, 1.165) is 25.7 Å². The topological polar surface area (TPSA) is 84.6 Å². The fourth-order valence-electron chi connectivity index (χ4n) is 2.55. The molecule has 0 unspecified atom stereocenters. The molecule has 5 heteroatoms. The maximum absolute atomic E-state index is 12.4. The van der Waals surface area contributed by atoms with E-state index in [1.807, 2.05) is 6.07 Å². The van der Waals surface area contributed by atoms with E-state index in [1.54, 1.807) is 0 Å². The lowest BCUT2D eigenvalue weighted by atomic mass is 10.1. The highest BCUT2D eigenvalue weighted by Gasteiger charge is 2.30. The van der Waals surface area contributed by atoms with Gasteiger partial charge in [-0.05, 0) is 25.0 Å². The summed E-state index contributed by atoms with van der Waals surface area (Å²) in [5, 5.41) is 28.3. The lowest BCUT2D eigenvalue weighted by molar-refractivity contribution is 0.0703. The molecule has 0 aliphatic heterocycles. The Kier molecular flexibility index (Phi) is 3.91. The minimum Gasteiger partial charge on any atom is -0.507 e. The molecular weight excluding hydrogens is 244 g/mol. The van der Waals surface area contributed by atoms with E-state index in [4.69, 9.17) is 5.26 Å². The van der Waals surface area contributed by atoms with Crippen LogP contribution in [0.2, 0.25) is 0 Å². The maximum Gasteiger partial charge on any atom is 0.262 e. The minimum absolute atomic E-state index is 0.0196. The Labute approximate surface area is 111 Å². The molecule has 0 atom stereocenters. The van der Waals surface area contributed by atoms with E-state index in [9.17, 15) is 15.0 Å². The van der Waals surface area contributed by atoms with Gasteiger partial charge in [0.15, 0.2) is 0 Å². The molecule has 1 aliphatic rings. The quantitative estimate of drug-likeness (QED) is 0.814. The van der Waals surface area contributed by atoms with Crippen LogP contribution in [-0.4, -0.2) is 33.6 Å². The van der Waals surface area contributed by atoms with Gasteiger partial charge in [0.05, 0.1) is 6.07 Å². The van der Waals surface area contributed by atoms with Gasteiger partial charge in [-0.15, -0.1) is 0 Å². The average molecular weight is 260 g/mol. The van der Waals surface area contributed by atoms with Crippen molar-refractivity contribution in [2.75, 3.05) is 6.54 Å². The normalized spacial score (nSPS) is 15.1. The molecule has 1 aliphatic carbocycles. The molecule has 2 rings (SSSR count). The molecule has 1 aromatic carbocycles. The number of hydrogen-bond acceptors (Lipinski definition) is 4. The second-order valence-corrected chi connectivity index (χ2v) is 4.70. The third-order valence-electron chi connectivity index (χ3n) is 3.50. The van der Waals surface area contributed by atoms with Gasteiger partial charge in [0, 0.05) is 6.04 Å². The van der Waals surface area contributed by atoms with Crippen molar-refractivity contribution >= 4 is 5.91 Å². The lowest BCUT2D eigenvalue weighted by Gasteiger charge is -2.27. The van der Waals surface area contributed by atoms with Crippen LogP contribution in [0.15, 0.2) is 18.2 Å². The van der Waals surface area contributed by atoms with Crippen LogP contribution in [0.1, 0.15) is 36.0 Å². The number of benzene rings is 1. The van der Waals surface area contributed by atoms with Crippen LogP contribution >= 0.6 is 0 Å². The highest BCUT2D eigenvalue weighted by molar-refractivity contribution is 5.99. The molecule has 1 saturated carbocycles. The van der Waals surface area contributed by atoms with E-state index in [2.05, 4.69) is 0 Å². The van der Waals surface area contributed by atoms with Crippen LogP contribution in [0.4, 0.5) is 0 Å². The standard InChI is InChI=1S/C14H16N2O3/c15-8-9-16(10-4-1-2-5-10)14(19)13-11(17)6-3-7-12(13)18/h3,6-7,10,17-18H,1-2,4-5,9H2. The molecule has 100 valence electrons. The van der Waals surface area contributed by atoms with Crippen LogP contribution in [0.3, 0.4) is 0 Å². The number of rotatable bonds is 3. The number of carbonyl (C=O) groups is 1. The molecule has 2 N–H and O–H groups in total. The zero-order valence-corrected chi connectivity index (χ0v) is 10.5. The predicted octanol–water partition coefficient (Wildman–Crippen LogP) is 2.01. The molecule has 0 aromatic heterocycles. The van der Waals surface area contributed by atoms with Gasteiger partial charge in [0.25, 0.3) is 5.91 Å². The van der Waals surface area contributed by atoms with Gasteiger partial charge in [0.2, 0.25) is 0 Å². The van der Waals surface area contributed by atoms with Gasteiger partial charge in [-0.2, -0.15) is 5.26 Å². The monoisotopic (exact) mass is 260 g/mol. The van der Waals surface area contributed by atoms with Crippen molar-refractivity contribution in [2.24, 2.45) is 0 Å². The Morgan fingerprint density at radius 2 is 1.89 bits per heavy atom. The maximum atomic E-state index is 12.4. The molecule has 1 amide bonds. The summed E-state index contributed by atoms with van der Waals surface area (Å²) in [7, 11) is 0. The third-order valence-corrected chi connectivity index (χ3v) is 3.50. The number of nitriles is 1. The van der Waals surface area contributed by atoms with E-state index in [0.29, 0.717) is 0 Å². The first kappa shape index (κ1) is 13.2. The number of phenols is 2. The number of carbonyl (C=O) groups excluding carboxylic acids is 1. The second kappa shape index (κ2) is 5.61. The highest BCUT2D eigenvalue weighted by atomic mass is 16.3. The summed E-state index contributed by atoms with van der Waals surface area (Å²) < 4.78 is 0. The largest absolute Gasteiger partial charge is 0.507 e. The van der Waals surface area contributed by atoms with Gasteiger partial charge in [0.1, 0.15) is 23.6 Å². The Morgan fingerprint density at radius 1 is 1.32 bits per heavy atom. The Bertz CT molecular complexity index is 496. The van der Waals surface area contributed by atoms with Crippen molar-refractivity contribution in [1.82, 2.24) is 4.90 Å². The summed E-state index contributed by atoms with van der Waals surface area (Å²) in [5.74, 6) is -0.999. The van der Waals surface area contributed by atoms with E-state index in [1.165, 1.54) is 23.1 Å². The summed E-state index contributed by atoms with van der Waals surface area (Å²) in [5.41, 5.74) is -0.121. The fraction of sp³-hybridized carbons (Fsp3) is 0.429. The van der Waals surface area contributed by atoms with Crippen LogP contribution < -0.4 is 0 Å². The Morgan fingerprint density at radius 3 is 2.42 bits per heavy atom. The van der Waals surface area contributed by atoms with Crippen LogP contribution in [0.5, 0.6) is 11.5 Å². The molecule has 5 nitrogen and oxygen atoms in total. The fourth-order valence-corrected chi connectivity index (χ4v) is 2.55. The summed E-state index contributed by atoms with van der Waals surface area (Å²) in [4.78, 5) is 13.9. The Hall–Kier alpha value is -2.22. The third kappa shape index (κ3) is 2.63. The number of hydrogen-bond donors (Lipinski definition) is 2. The van der Waals surface area contributed by atoms with Crippen molar-refractivity contribution in [1.29, 1.82) is 5.26 Å².